The number of rotatable bonds is 9. The van der Waals surface area contributed by atoms with Crippen molar-refractivity contribution >= 4 is 0 Å². The Morgan fingerprint density at radius 3 is 2.24 bits per heavy atom. The quantitative estimate of drug-likeness (QED) is 0.711. The van der Waals surface area contributed by atoms with Crippen LogP contribution in [0.15, 0.2) is 24.3 Å². The molecule has 0 amide bonds. The zero-order chi connectivity index (χ0) is 15.7. The van der Waals surface area contributed by atoms with Crippen LogP contribution < -0.4 is 14.8 Å². The fraction of sp³-hybridized carbons (Fsp3) is 0.571. The lowest BCUT2D eigenvalue weighted by Crippen LogP contribution is -2.25. The van der Waals surface area contributed by atoms with Gasteiger partial charge in [0.2, 0.25) is 0 Å². The van der Waals surface area contributed by atoms with Gasteiger partial charge in [0.15, 0.2) is 0 Å². The molecule has 0 bridgehead atoms. The first-order valence-corrected chi connectivity index (χ1v) is 6.71. The van der Waals surface area contributed by atoms with Crippen molar-refractivity contribution in [1.29, 1.82) is 0 Å². The Labute approximate surface area is 122 Å². The molecule has 0 aliphatic heterocycles. The predicted octanol–water partition coefficient (Wildman–Crippen LogP) is 2.51. The van der Waals surface area contributed by atoms with E-state index in [0.29, 0.717) is 18.9 Å². The van der Waals surface area contributed by atoms with Gasteiger partial charge in [-0.25, -0.2) is 0 Å². The third-order valence-electron chi connectivity index (χ3n) is 2.56. The van der Waals surface area contributed by atoms with Crippen LogP contribution >= 0.6 is 0 Å². The Balaban J connectivity index is 2.15. The van der Waals surface area contributed by atoms with E-state index < -0.39 is 6.36 Å². The van der Waals surface area contributed by atoms with E-state index >= 15 is 0 Å². The molecule has 4 nitrogen and oxygen atoms in total. The lowest BCUT2D eigenvalue weighted by atomic mass is 10.3. The number of alkyl halides is 3. The highest BCUT2D eigenvalue weighted by atomic mass is 19.4. The van der Waals surface area contributed by atoms with E-state index in [9.17, 15) is 13.2 Å². The van der Waals surface area contributed by atoms with Gasteiger partial charge in [0.1, 0.15) is 18.1 Å². The third-order valence-corrected chi connectivity index (χ3v) is 2.56. The number of halogens is 3. The minimum Gasteiger partial charge on any atom is -0.492 e. The molecule has 0 heterocycles. The van der Waals surface area contributed by atoms with Crippen LogP contribution in [0.5, 0.6) is 11.5 Å². The molecule has 0 radical (unpaired) electrons. The second-order valence-corrected chi connectivity index (χ2v) is 4.77. The summed E-state index contributed by atoms with van der Waals surface area (Å²) < 4.78 is 45.1. The maximum absolute atomic E-state index is 12.0. The van der Waals surface area contributed by atoms with Crippen molar-refractivity contribution in [3.05, 3.63) is 24.3 Å². The van der Waals surface area contributed by atoms with E-state index in [2.05, 4.69) is 15.0 Å². The average Bonchev–Trinajstić information content (AvgIpc) is 2.37. The molecule has 120 valence electrons. The molecule has 0 spiro atoms. The molecule has 1 rings (SSSR count). The molecule has 7 heteroatoms. The Bertz CT molecular complexity index is 394. The van der Waals surface area contributed by atoms with Crippen molar-refractivity contribution < 1.29 is 22.6 Å². The molecule has 0 unspecified atom stereocenters. The van der Waals surface area contributed by atoms with E-state index in [4.69, 9.17) is 4.74 Å². The summed E-state index contributed by atoms with van der Waals surface area (Å²) in [4.78, 5) is 2.11. The van der Waals surface area contributed by atoms with Gasteiger partial charge in [-0.3, -0.25) is 0 Å². The molecule has 0 saturated heterocycles. The molecule has 0 fully saturated rings. The van der Waals surface area contributed by atoms with E-state index in [1.54, 1.807) is 0 Å². The normalized spacial score (nSPS) is 11.7. The number of hydrogen-bond donors (Lipinski definition) is 1. The maximum Gasteiger partial charge on any atom is 0.573 e. The van der Waals surface area contributed by atoms with Crippen molar-refractivity contribution in [3.63, 3.8) is 0 Å². The van der Waals surface area contributed by atoms with E-state index in [1.165, 1.54) is 24.3 Å². The van der Waals surface area contributed by atoms with Gasteiger partial charge >= 0.3 is 6.36 Å². The first kappa shape index (κ1) is 17.6. The molecule has 0 aliphatic carbocycles. The minimum atomic E-state index is -4.67. The summed E-state index contributed by atoms with van der Waals surface area (Å²) in [6, 6.07) is 5.36. The molecule has 21 heavy (non-hydrogen) atoms. The van der Waals surface area contributed by atoms with Crippen molar-refractivity contribution in [2.24, 2.45) is 0 Å². The lowest BCUT2D eigenvalue weighted by Gasteiger charge is -2.11. The van der Waals surface area contributed by atoms with Crippen LogP contribution in [-0.4, -0.2) is 51.6 Å². The molecular formula is C14H21F3N2O2. The lowest BCUT2D eigenvalue weighted by molar-refractivity contribution is -0.274. The number of nitrogens with zero attached hydrogens (tertiary/aromatic N) is 1. The van der Waals surface area contributed by atoms with Crippen LogP contribution in [0, 0.1) is 0 Å². The third kappa shape index (κ3) is 9.14. The van der Waals surface area contributed by atoms with Gasteiger partial charge in [0.25, 0.3) is 0 Å². The van der Waals surface area contributed by atoms with Gasteiger partial charge in [-0.15, -0.1) is 13.2 Å². The summed E-state index contributed by atoms with van der Waals surface area (Å²) in [6.07, 6.45) is -3.62. The summed E-state index contributed by atoms with van der Waals surface area (Å²) >= 11 is 0. The van der Waals surface area contributed by atoms with Crippen LogP contribution in [-0.2, 0) is 0 Å². The number of benzene rings is 1. The van der Waals surface area contributed by atoms with Gasteiger partial charge < -0.3 is 19.7 Å². The Morgan fingerprint density at radius 2 is 1.67 bits per heavy atom. The van der Waals surface area contributed by atoms with Gasteiger partial charge in [-0.2, -0.15) is 0 Å². The molecule has 1 aromatic carbocycles. The molecule has 1 N–H and O–H groups in total. The minimum absolute atomic E-state index is 0.253. The van der Waals surface area contributed by atoms with Crippen LogP contribution in [0.1, 0.15) is 6.42 Å². The molecule has 0 atom stereocenters. The number of hydrogen-bond acceptors (Lipinski definition) is 4. The maximum atomic E-state index is 12.0. The summed E-state index contributed by atoms with van der Waals surface area (Å²) in [6.45, 7) is 3.07. The largest absolute Gasteiger partial charge is 0.573 e. The van der Waals surface area contributed by atoms with E-state index in [-0.39, 0.29) is 5.75 Å². The molecular weight excluding hydrogens is 285 g/mol. The van der Waals surface area contributed by atoms with Crippen LogP contribution in [0.25, 0.3) is 0 Å². The van der Waals surface area contributed by atoms with Crippen LogP contribution in [0.4, 0.5) is 13.2 Å². The SMILES string of the molecule is CN(C)CCCNCCOc1ccc(OC(F)(F)F)cc1. The fourth-order valence-corrected chi connectivity index (χ4v) is 1.62. The number of nitrogens with one attached hydrogen (secondary N) is 1. The summed E-state index contributed by atoms with van der Waals surface area (Å²) in [5, 5.41) is 3.23. The van der Waals surface area contributed by atoms with Crippen molar-refractivity contribution in [2.75, 3.05) is 40.3 Å². The standard InChI is InChI=1S/C14H21F3N2O2/c1-19(2)10-3-8-18-9-11-20-12-4-6-13(7-5-12)21-14(15,16)17/h4-7,18H,3,8-11H2,1-2H3. The van der Waals surface area contributed by atoms with E-state index in [0.717, 1.165) is 19.5 Å². The fourth-order valence-electron chi connectivity index (χ4n) is 1.62. The van der Waals surface area contributed by atoms with Crippen molar-refractivity contribution in [1.82, 2.24) is 10.2 Å². The van der Waals surface area contributed by atoms with Gasteiger partial charge in [0.05, 0.1) is 0 Å². The first-order chi connectivity index (χ1) is 9.87. The average molecular weight is 306 g/mol. The van der Waals surface area contributed by atoms with Gasteiger partial charge in [-0.1, -0.05) is 0 Å². The highest BCUT2D eigenvalue weighted by Gasteiger charge is 2.30. The van der Waals surface area contributed by atoms with Gasteiger partial charge in [0, 0.05) is 6.54 Å². The Morgan fingerprint density at radius 1 is 1.05 bits per heavy atom. The zero-order valence-electron chi connectivity index (χ0n) is 12.2. The topological polar surface area (TPSA) is 33.7 Å². The highest BCUT2D eigenvalue weighted by molar-refractivity contribution is 5.31. The molecule has 0 aromatic heterocycles. The molecule has 0 aliphatic rings. The highest BCUT2D eigenvalue weighted by Crippen LogP contribution is 2.24. The van der Waals surface area contributed by atoms with Crippen LogP contribution in [0.2, 0.25) is 0 Å². The first-order valence-electron chi connectivity index (χ1n) is 6.71. The summed E-state index contributed by atoms with van der Waals surface area (Å²) in [5.41, 5.74) is 0. The zero-order valence-corrected chi connectivity index (χ0v) is 12.2. The van der Waals surface area contributed by atoms with Crippen molar-refractivity contribution in [3.8, 4) is 11.5 Å². The van der Waals surface area contributed by atoms with E-state index in [1.807, 2.05) is 14.1 Å². The summed E-state index contributed by atoms with van der Waals surface area (Å²) in [7, 11) is 4.05. The summed E-state index contributed by atoms with van der Waals surface area (Å²) in [5.74, 6) is 0.260. The number of ether oxygens (including phenoxy) is 2. The second kappa shape index (κ2) is 8.74. The Hall–Kier alpha value is -1.47. The van der Waals surface area contributed by atoms with Crippen LogP contribution in [0.3, 0.4) is 0 Å². The molecule has 1 aromatic rings. The smallest absolute Gasteiger partial charge is 0.492 e. The molecule has 0 saturated carbocycles. The predicted molar refractivity (Wildman–Crippen MR) is 74.7 cm³/mol. The Kier molecular flexibility index (Phi) is 7.31. The monoisotopic (exact) mass is 306 g/mol. The van der Waals surface area contributed by atoms with Gasteiger partial charge in [-0.05, 0) is 57.9 Å². The van der Waals surface area contributed by atoms with Crippen molar-refractivity contribution in [2.45, 2.75) is 12.8 Å². The second-order valence-electron chi connectivity index (χ2n) is 4.77.